The van der Waals surface area contributed by atoms with Crippen LogP contribution in [0.15, 0.2) is 12.7 Å². The molecule has 0 unspecified atom stereocenters. The summed E-state index contributed by atoms with van der Waals surface area (Å²) < 4.78 is 7.11. The number of ether oxygens (including phenoxy) is 1. The monoisotopic (exact) mass is 371 g/mol. The number of imidazole rings is 1. The zero-order chi connectivity index (χ0) is 18.0. The molecule has 0 saturated carbocycles. The average Bonchev–Trinajstić information content (AvgIpc) is 3.14. The molecule has 1 fully saturated rings. The van der Waals surface area contributed by atoms with E-state index in [1.165, 1.54) is 17.2 Å². The molecule has 0 aliphatic carbocycles. The molecule has 2 aromatic heterocycles. The molecule has 10 nitrogen and oxygen atoms in total. The summed E-state index contributed by atoms with van der Waals surface area (Å²) in [5.74, 6) is -0.359. The summed E-state index contributed by atoms with van der Waals surface area (Å²) in [6, 6.07) is 0. The number of hydrogen-bond acceptors (Lipinski definition) is 8. The largest absolute Gasteiger partial charge is 0.481 e. The highest BCUT2D eigenvalue weighted by molar-refractivity contribution is 6.18. The topological polar surface area (TPSA) is 143 Å². The quantitative estimate of drug-likeness (QED) is 0.389. The van der Waals surface area contributed by atoms with Gasteiger partial charge in [-0.1, -0.05) is 0 Å². The van der Waals surface area contributed by atoms with Crippen molar-refractivity contribution >= 4 is 34.6 Å². The number of carboxylic acids is 1. The second-order valence-electron chi connectivity index (χ2n) is 5.67. The molecule has 1 aliphatic rings. The number of aliphatic hydroxyl groups excluding tert-OH is 2. The normalized spacial score (nSPS) is 26.2. The summed E-state index contributed by atoms with van der Waals surface area (Å²) in [5.41, 5.74) is 0.875. The highest BCUT2D eigenvalue weighted by Gasteiger charge is 2.43. The van der Waals surface area contributed by atoms with Crippen LogP contribution >= 0.6 is 11.6 Å². The first-order valence-corrected chi connectivity index (χ1v) is 8.27. The van der Waals surface area contributed by atoms with Gasteiger partial charge in [-0.2, -0.15) is 0 Å². The fraction of sp³-hybridized carbons (Fsp3) is 0.571. The summed E-state index contributed by atoms with van der Waals surface area (Å²) in [6.07, 6.45) is -0.549. The van der Waals surface area contributed by atoms with E-state index in [0.29, 0.717) is 29.9 Å². The van der Waals surface area contributed by atoms with Crippen LogP contribution in [0.4, 0.5) is 5.82 Å². The van der Waals surface area contributed by atoms with Crippen molar-refractivity contribution in [1.29, 1.82) is 0 Å². The number of aliphatic carboxylic acids is 1. The Kier molecular flexibility index (Phi) is 5.33. The van der Waals surface area contributed by atoms with E-state index in [-0.39, 0.29) is 12.3 Å². The lowest BCUT2D eigenvalue weighted by Crippen LogP contribution is -2.32. The Morgan fingerprint density at radius 3 is 2.80 bits per heavy atom. The van der Waals surface area contributed by atoms with Crippen LogP contribution in [-0.2, 0) is 9.53 Å². The van der Waals surface area contributed by atoms with Gasteiger partial charge >= 0.3 is 5.97 Å². The van der Waals surface area contributed by atoms with Gasteiger partial charge in [-0.15, -0.1) is 11.6 Å². The predicted molar refractivity (Wildman–Crippen MR) is 87.3 cm³/mol. The maximum atomic E-state index is 10.5. The molecule has 3 heterocycles. The number of anilines is 1. The van der Waals surface area contributed by atoms with Crippen molar-refractivity contribution in [3.63, 3.8) is 0 Å². The van der Waals surface area contributed by atoms with Gasteiger partial charge in [-0.25, -0.2) is 15.0 Å². The Hall–Kier alpha value is -2.01. The summed E-state index contributed by atoms with van der Waals surface area (Å²) in [4.78, 5) is 23.1. The Morgan fingerprint density at radius 2 is 2.12 bits per heavy atom. The van der Waals surface area contributed by atoms with Gasteiger partial charge in [0.25, 0.3) is 0 Å². The molecule has 0 radical (unpaired) electrons. The molecule has 4 N–H and O–H groups in total. The number of nitrogens with one attached hydrogen (secondary N) is 1. The highest BCUT2D eigenvalue weighted by atomic mass is 35.5. The Labute approximate surface area is 147 Å². The number of halogens is 1. The average molecular weight is 372 g/mol. The van der Waals surface area contributed by atoms with Crippen molar-refractivity contribution in [3.05, 3.63) is 12.7 Å². The van der Waals surface area contributed by atoms with E-state index in [1.807, 2.05) is 0 Å². The van der Waals surface area contributed by atoms with Crippen molar-refractivity contribution < 1.29 is 24.9 Å². The third kappa shape index (κ3) is 3.52. The third-order valence-electron chi connectivity index (χ3n) is 3.98. The lowest BCUT2D eigenvalue weighted by atomic mass is 10.1. The molecule has 11 heteroatoms. The van der Waals surface area contributed by atoms with Gasteiger partial charge in [0.05, 0.1) is 12.2 Å². The number of nitrogens with zero attached hydrogens (tertiary/aromatic N) is 4. The molecule has 25 heavy (non-hydrogen) atoms. The molecule has 1 saturated heterocycles. The second-order valence-corrected chi connectivity index (χ2v) is 5.98. The van der Waals surface area contributed by atoms with E-state index in [2.05, 4.69) is 20.3 Å². The predicted octanol–water partition coefficient (Wildman–Crippen LogP) is -0.0390. The highest BCUT2D eigenvalue weighted by Crippen LogP contribution is 2.32. The fourth-order valence-corrected chi connectivity index (χ4v) is 2.96. The molecule has 136 valence electrons. The van der Waals surface area contributed by atoms with Gasteiger partial charge < -0.3 is 25.4 Å². The number of carbonyl (C=O) groups is 1. The van der Waals surface area contributed by atoms with Crippen LogP contribution in [0.3, 0.4) is 0 Å². The lowest BCUT2D eigenvalue weighted by Gasteiger charge is -2.16. The Bertz CT molecular complexity index is 756. The van der Waals surface area contributed by atoms with Crippen LogP contribution in [0.25, 0.3) is 11.2 Å². The Balaban J connectivity index is 1.80. The molecule has 0 bridgehead atoms. The molecule has 2 aromatic rings. The van der Waals surface area contributed by atoms with Crippen molar-refractivity contribution in [2.75, 3.05) is 17.7 Å². The number of fused-ring (bicyclic) bond motifs is 1. The van der Waals surface area contributed by atoms with Crippen molar-refractivity contribution in [3.8, 4) is 0 Å². The molecule has 3 rings (SSSR count). The fourth-order valence-electron chi connectivity index (χ4n) is 2.70. The molecular weight excluding hydrogens is 354 g/mol. The number of hydrogen-bond donors (Lipinski definition) is 4. The minimum absolute atomic E-state index is 0.0483. The summed E-state index contributed by atoms with van der Waals surface area (Å²) >= 11 is 5.73. The van der Waals surface area contributed by atoms with Crippen molar-refractivity contribution in [1.82, 2.24) is 19.5 Å². The Morgan fingerprint density at radius 1 is 1.32 bits per heavy atom. The number of carboxylic acid groups (broad SMARTS) is 1. The van der Waals surface area contributed by atoms with Crippen molar-refractivity contribution in [2.45, 2.75) is 37.4 Å². The summed E-state index contributed by atoms with van der Waals surface area (Å²) in [7, 11) is 0. The van der Waals surface area contributed by atoms with Crippen molar-refractivity contribution in [2.24, 2.45) is 0 Å². The summed E-state index contributed by atoms with van der Waals surface area (Å²) in [6.45, 7) is 0.418. The first-order chi connectivity index (χ1) is 12.0. The van der Waals surface area contributed by atoms with Gasteiger partial charge in [-0.05, 0) is 6.42 Å². The van der Waals surface area contributed by atoms with E-state index in [1.54, 1.807) is 0 Å². The van der Waals surface area contributed by atoms with E-state index in [9.17, 15) is 15.0 Å². The number of alkyl halides is 1. The molecule has 0 spiro atoms. The number of aliphatic hydroxyl groups is 2. The standard InChI is InChI=1S/C14H18ClN5O5/c15-4-7-10(23)11(24)14(25-7)20-6-19-9-12(17-5-18-13(9)20)16-3-1-2-8(21)22/h5-7,10-11,14,23-24H,1-4H2,(H,21,22)(H,16,17,18)/t7-,10-,11-,14-/m1/s1. The minimum atomic E-state index is -1.16. The molecular formula is C14H18ClN5O5. The van der Waals surface area contributed by atoms with E-state index >= 15 is 0 Å². The molecule has 0 amide bonds. The molecule has 4 atom stereocenters. The molecule has 0 aromatic carbocycles. The smallest absolute Gasteiger partial charge is 0.303 e. The van der Waals surface area contributed by atoms with Gasteiger partial charge in [0.2, 0.25) is 0 Å². The minimum Gasteiger partial charge on any atom is -0.481 e. The zero-order valence-electron chi connectivity index (χ0n) is 13.1. The number of rotatable bonds is 7. The number of aromatic nitrogens is 4. The zero-order valence-corrected chi connectivity index (χ0v) is 13.9. The SMILES string of the molecule is O=C(O)CCCNc1ncnc2c1ncn2[C@@H]1O[C@H](CCl)[C@@H](O)[C@H]1O. The van der Waals surface area contributed by atoms with Gasteiger partial charge in [0.15, 0.2) is 23.2 Å². The first-order valence-electron chi connectivity index (χ1n) is 7.73. The van der Waals surface area contributed by atoms with Crippen LogP contribution in [0.1, 0.15) is 19.1 Å². The third-order valence-corrected chi connectivity index (χ3v) is 4.29. The van der Waals surface area contributed by atoms with E-state index in [0.717, 1.165) is 0 Å². The lowest BCUT2D eigenvalue weighted by molar-refractivity contribution is -0.137. The van der Waals surface area contributed by atoms with Crippen LogP contribution in [-0.4, -0.2) is 71.5 Å². The summed E-state index contributed by atoms with van der Waals surface area (Å²) in [5, 5.41) is 31.8. The van der Waals surface area contributed by atoms with Crippen LogP contribution in [0.2, 0.25) is 0 Å². The van der Waals surface area contributed by atoms with Gasteiger partial charge in [0.1, 0.15) is 24.6 Å². The maximum Gasteiger partial charge on any atom is 0.303 e. The van der Waals surface area contributed by atoms with E-state index in [4.69, 9.17) is 21.4 Å². The van der Waals surface area contributed by atoms with Gasteiger partial charge in [0, 0.05) is 13.0 Å². The maximum absolute atomic E-state index is 10.5. The van der Waals surface area contributed by atoms with Crippen LogP contribution in [0, 0.1) is 0 Å². The second kappa shape index (κ2) is 7.48. The molecule has 1 aliphatic heterocycles. The first kappa shape index (κ1) is 17.8. The van der Waals surface area contributed by atoms with Crippen LogP contribution < -0.4 is 5.32 Å². The van der Waals surface area contributed by atoms with Crippen LogP contribution in [0.5, 0.6) is 0 Å². The van der Waals surface area contributed by atoms with E-state index < -0.39 is 30.5 Å². The van der Waals surface area contributed by atoms with Gasteiger partial charge in [-0.3, -0.25) is 9.36 Å².